The van der Waals surface area contributed by atoms with E-state index in [1.54, 1.807) is 12.1 Å². The predicted octanol–water partition coefficient (Wildman–Crippen LogP) is 4.34. The molecule has 1 aromatic rings. The smallest absolute Gasteiger partial charge is 0.258 e. The van der Waals surface area contributed by atoms with E-state index in [2.05, 4.69) is 22.0 Å². The van der Waals surface area contributed by atoms with Gasteiger partial charge in [-0.15, -0.1) is 0 Å². The summed E-state index contributed by atoms with van der Waals surface area (Å²) in [5.74, 6) is 0. The first kappa shape index (κ1) is 13.6. The standard InChI is InChI=1S/C13H14BrNO2/c1-10(7-11(2)9-14)8-12-3-5-13(6-4-12)15(16)17/h3-8H,9H2,1-2H3/b10-8+,11-7+. The molecule has 0 aliphatic heterocycles. The lowest BCUT2D eigenvalue weighted by atomic mass is 10.1. The van der Waals surface area contributed by atoms with E-state index >= 15 is 0 Å². The van der Waals surface area contributed by atoms with Gasteiger partial charge < -0.3 is 0 Å². The molecule has 1 aromatic carbocycles. The third-order valence-corrected chi connectivity index (χ3v) is 3.07. The average molecular weight is 296 g/mol. The van der Waals surface area contributed by atoms with Crippen molar-refractivity contribution < 1.29 is 4.92 Å². The number of benzene rings is 1. The SMILES string of the molecule is CC(=C\c1ccc([N+](=O)[O-])cc1)/C=C(\C)CBr. The Morgan fingerprint density at radius 3 is 2.41 bits per heavy atom. The Kier molecular flexibility index (Phi) is 5.10. The lowest BCUT2D eigenvalue weighted by molar-refractivity contribution is -0.384. The summed E-state index contributed by atoms with van der Waals surface area (Å²) in [7, 11) is 0. The van der Waals surface area contributed by atoms with Gasteiger partial charge >= 0.3 is 0 Å². The summed E-state index contributed by atoms with van der Waals surface area (Å²) in [4.78, 5) is 10.1. The van der Waals surface area contributed by atoms with Crippen LogP contribution >= 0.6 is 15.9 Å². The normalized spacial score (nSPS) is 12.6. The van der Waals surface area contributed by atoms with Gasteiger partial charge in [0.2, 0.25) is 0 Å². The number of hydrogen-bond donors (Lipinski definition) is 0. The molecule has 17 heavy (non-hydrogen) atoms. The second kappa shape index (κ2) is 6.35. The first-order valence-electron chi connectivity index (χ1n) is 5.19. The van der Waals surface area contributed by atoms with Crippen LogP contribution in [0.3, 0.4) is 0 Å². The van der Waals surface area contributed by atoms with E-state index in [4.69, 9.17) is 0 Å². The zero-order valence-electron chi connectivity index (χ0n) is 9.81. The van der Waals surface area contributed by atoms with Crippen LogP contribution in [0.4, 0.5) is 5.69 Å². The van der Waals surface area contributed by atoms with E-state index in [0.717, 1.165) is 16.5 Å². The van der Waals surface area contributed by atoms with Crippen molar-refractivity contribution in [1.29, 1.82) is 0 Å². The number of non-ortho nitro benzene ring substituents is 1. The van der Waals surface area contributed by atoms with E-state index < -0.39 is 4.92 Å². The van der Waals surface area contributed by atoms with Gasteiger partial charge in [0.1, 0.15) is 0 Å². The topological polar surface area (TPSA) is 43.1 Å². The second-order valence-electron chi connectivity index (χ2n) is 3.86. The maximum atomic E-state index is 10.5. The molecular weight excluding hydrogens is 282 g/mol. The summed E-state index contributed by atoms with van der Waals surface area (Å²) in [6, 6.07) is 6.53. The number of alkyl halides is 1. The van der Waals surface area contributed by atoms with Crippen LogP contribution in [-0.4, -0.2) is 10.3 Å². The van der Waals surface area contributed by atoms with Gasteiger partial charge in [0, 0.05) is 17.5 Å². The monoisotopic (exact) mass is 295 g/mol. The van der Waals surface area contributed by atoms with E-state index in [1.165, 1.54) is 17.7 Å². The fourth-order valence-corrected chi connectivity index (χ4v) is 1.59. The molecule has 0 spiro atoms. The number of nitro benzene ring substituents is 1. The van der Waals surface area contributed by atoms with E-state index in [9.17, 15) is 10.1 Å². The van der Waals surface area contributed by atoms with E-state index in [-0.39, 0.29) is 5.69 Å². The summed E-state index contributed by atoms with van der Waals surface area (Å²) in [5.41, 5.74) is 3.44. The molecule has 0 aliphatic rings. The van der Waals surface area contributed by atoms with Crippen molar-refractivity contribution in [3.8, 4) is 0 Å². The van der Waals surface area contributed by atoms with Crippen LogP contribution in [0.5, 0.6) is 0 Å². The van der Waals surface area contributed by atoms with E-state index in [1.807, 2.05) is 19.9 Å². The van der Waals surface area contributed by atoms with Crippen molar-refractivity contribution in [3.63, 3.8) is 0 Å². The maximum Gasteiger partial charge on any atom is 0.269 e. The zero-order valence-corrected chi connectivity index (χ0v) is 11.4. The Labute approximate surface area is 109 Å². The molecular formula is C13H14BrNO2. The first-order valence-corrected chi connectivity index (χ1v) is 6.31. The minimum Gasteiger partial charge on any atom is -0.258 e. The second-order valence-corrected chi connectivity index (χ2v) is 4.42. The fraction of sp³-hybridized carbons (Fsp3) is 0.231. The van der Waals surface area contributed by atoms with Crippen LogP contribution < -0.4 is 0 Å². The van der Waals surface area contributed by atoms with Gasteiger partial charge in [-0.25, -0.2) is 0 Å². The number of halogens is 1. The van der Waals surface area contributed by atoms with Crippen LogP contribution in [0.15, 0.2) is 41.5 Å². The Morgan fingerprint density at radius 2 is 1.94 bits per heavy atom. The van der Waals surface area contributed by atoms with Crippen LogP contribution in [-0.2, 0) is 0 Å². The molecule has 1 rings (SSSR count). The van der Waals surface area contributed by atoms with Crippen molar-refractivity contribution in [1.82, 2.24) is 0 Å². The quantitative estimate of drug-likeness (QED) is 0.359. The molecule has 0 aromatic heterocycles. The molecule has 0 unspecified atom stereocenters. The minimum absolute atomic E-state index is 0.118. The highest BCUT2D eigenvalue weighted by Crippen LogP contribution is 2.15. The number of nitrogens with zero attached hydrogens (tertiary/aromatic N) is 1. The number of allylic oxidation sites excluding steroid dienone is 3. The summed E-state index contributed by atoms with van der Waals surface area (Å²) in [5, 5.41) is 11.3. The molecule has 0 radical (unpaired) electrons. The third-order valence-electron chi connectivity index (χ3n) is 2.18. The fourth-order valence-electron chi connectivity index (χ4n) is 1.42. The van der Waals surface area contributed by atoms with Gasteiger partial charge in [-0.2, -0.15) is 0 Å². The summed E-state index contributed by atoms with van der Waals surface area (Å²) in [6.07, 6.45) is 4.08. The van der Waals surface area contributed by atoms with Crippen LogP contribution in [0.2, 0.25) is 0 Å². The molecule has 0 amide bonds. The van der Waals surface area contributed by atoms with Crippen molar-refractivity contribution in [3.05, 3.63) is 57.2 Å². The van der Waals surface area contributed by atoms with Crippen LogP contribution in [0.1, 0.15) is 19.4 Å². The van der Waals surface area contributed by atoms with Gasteiger partial charge in [-0.3, -0.25) is 10.1 Å². The maximum absolute atomic E-state index is 10.5. The zero-order chi connectivity index (χ0) is 12.8. The number of rotatable bonds is 4. The Bertz CT molecular complexity index is 461. The molecule has 4 heteroatoms. The highest BCUT2D eigenvalue weighted by molar-refractivity contribution is 9.09. The molecule has 0 saturated heterocycles. The van der Waals surface area contributed by atoms with Gasteiger partial charge in [-0.05, 0) is 31.5 Å². The van der Waals surface area contributed by atoms with Crippen molar-refractivity contribution in [2.45, 2.75) is 13.8 Å². The molecule has 0 fully saturated rings. The number of hydrogen-bond acceptors (Lipinski definition) is 2. The Balaban J connectivity index is 2.88. The molecule has 3 nitrogen and oxygen atoms in total. The largest absolute Gasteiger partial charge is 0.269 e. The van der Waals surface area contributed by atoms with Crippen molar-refractivity contribution >= 4 is 27.7 Å². The van der Waals surface area contributed by atoms with Gasteiger partial charge in [-0.1, -0.05) is 39.2 Å². The average Bonchev–Trinajstić information content (AvgIpc) is 2.29. The molecule has 0 saturated carbocycles. The van der Waals surface area contributed by atoms with Crippen LogP contribution in [0, 0.1) is 10.1 Å². The molecule has 90 valence electrons. The van der Waals surface area contributed by atoms with Crippen molar-refractivity contribution in [2.75, 3.05) is 5.33 Å². The molecule has 0 heterocycles. The number of nitro groups is 1. The Morgan fingerprint density at radius 1 is 1.35 bits per heavy atom. The first-order chi connectivity index (χ1) is 8.02. The lowest BCUT2D eigenvalue weighted by Gasteiger charge is -1.98. The van der Waals surface area contributed by atoms with Gasteiger partial charge in [0.15, 0.2) is 0 Å². The summed E-state index contributed by atoms with van der Waals surface area (Å²) < 4.78 is 0. The molecule has 0 bridgehead atoms. The third kappa shape index (κ3) is 4.53. The highest BCUT2D eigenvalue weighted by Gasteiger charge is 2.02. The Hall–Kier alpha value is -1.42. The van der Waals surface area contributed by atoms with E-state index in [0.29, 0.717) is 0 Å². The molecule has 0 atom stereocenters. The highest BCUT2D eigenvalue weighted by atomic mass is 79.9. The molecule has 0 aliphatic carbocycles. The van der Waals surface area contributed by atoms with Crippen molar-refractivity contribution in [2.24, 2.45) is 0 Å². The van der Waals surface area contributed by atoms with Gasteiger partial charge in [0.05, 0.1) is 4.92 Å². The van der Waals surface area contributed by atoms with Crippen LogP contribution in [0.25, 0.3) is 6.08 Å². The summed E-state index contributed by atoms with van der Waals surface area (Å²) >= 11 is 3.38. The summed E-state index contributed by atoms with van der Waals surface area (Å²) in [6.45, 7) is 4.05. The van der Waals surface area contributed by atoms with Gasteiger partial charge in [0.25, 0.3) is 5.69 Å². The molecule has 0 N–H and O–H groups in total. The lowest BCUT2D eigenvalue weighted by Crippen LogP contribution is -1.86. The minimum atomic E-state index is -0.394. The predicted molar refractivity (Wildman–Crippen MR) is 74.3 cm³/mol.